The van der Waals surface area contributed by atoms with E-state index < -0.39 is 18.4 Å². The largest absolute Gasteiger partial charge is 0.370 e. The third kappa shape index (κ3) is 6.20. The van der Waals surface area contributed by atoms with Crippen molar-refractivity contribution >= 4 is 23.2 Å². The van der Waals surface area contributed by atoms with Crippen LogP contribution in [0.3, 0.4) is 0 Å². The van der Waals surface area contributed by atoms with Crippen molar-refractivity contribution in [2.45, 2.75) is 40.2 Å². The van der Waals surface area contributed by atoms with E-state index in [2.05, 4.69) is 26.1 Å². The smallest absolute Gasteiger partial charge is 0.265 e. The minimum absolute atomic E-state index is 0.0183. The van der Waals surface area contributed by atoms with Crippen LogP contribution < -0.4 is 16.0 Å². The molecule has 7 nitrogen and oxygen atoms in total. The number of rotatable bonds is 8. The molecule has 30 heavy (non-hydrogen) atoms. The van der Waals surface area contributed by atoms with Crippen LogP contribution in [0.1, 0.15) is 39.7 Å². The number of nitrogens with zero attached hydrogens (tertiary/aromatic N) is 2. The Balaban J connectivity index is 2.25. The van der Waals surface area contributed by atoms with Crippen LogP contribution in [-0.2, 0) is 14.3 Å². The minimum Gasteiger partial charge on any atom is -0.370 e. The van der Waals surface area contributed by atoms with Crippen LogP contribution >= 0.6 is 0 Å². The Labute approximate surface area is 176 Å². The predicted octanol–water partition coefficient (Wildman–Crippen LogP) is 2.62. The monoisotopic (exact) mass is 426 g/mol. The summed E-state index contributed by atoms with van der Waals surface area (Å²) in [5.41, 5.74) is 5.84. The number of hydrogen-bond donors (Lipinski definition) is 2. The summed E-state index contributed by atoms with van der Waals surface area (Å²) in [7, 11) is 0. The second-order valence-electron chi connectivity index (χ2n) is 8.53. The van der Waals surface area contributed by atoms with Crippen molar-refractivity contribution in [2.75, 3.05) is 49.6 Å². The normalized spacial score (nSPS) is 16.3. The molecule has 1 aromatic carbocycles. The zero-order chi connectivity index (χ0) is 22.5. The highest BCUT2D eigenvalue weighted by Gasteiger charge is 2.29. The van der Waals surface area contributed by atoms with E-state index in [9.17, 15) is 18.4 Å². The van der Waals surface area contributed by atoms with Crippen LogP contribution in [0.25, 0.3) is 0 Å². The summed E-state index contributed by atoms with van der Waals surface area (Å²) in [5.74, 6) is -0.720. The van der Waals surface area contributed by atoms with E-state index in [0.717, 1.165) is 0 Å². The fourth-order valence-electron chi connectivity index (χ4n) is 3.49. The number of halogens is 2. The van der Waals surface area contributed by atoms with Gasteiger partial charge in [-0.2, -0.15) is 0 Å². The maximum Gasteiger partial charge on any atom is 0.265 e. The number of anilines is 2. The summed E-state index contributed by atoms with van der Waals surface area (Å²) in [4.78, 5) is 28.2. The van der Waals surface area contributed by atoms with E-state index in [1.807, 2.05) is 11.8 Å². The Morgan fingerprint density at radius 3 is 2.60 bits per heavy atom. The Bertz CT molecular complexity index is 752. The Morgan fingerprint density at radius 2 is 2.07 bits per heavy atom. The first kappa shape index (κ1) is 24.2. The molecule has 0 bridgehead atoms. The van der Waals surface area contributed by atoms with Crippen molar-refractivity contribution in [3.05, 3.63) is 23.8 Å². The molecule has 0 aliphatic carbocycles. The lowest BCUT2D eigenvalue weighted by molar-refractivity contribution is -0.125. The average Bonchev–Trinajstić information content (AvgIpc) is 2.67. The molecule has 1 saturated heterocycles. The van der Waals surface area contributed by atoms with Crippen LogP contribution in [0, 0.1) is 5.41 Å². The number of benzene rings is 1. The second kappa shape index (κ2) is 10.3. The van der Waals surface area contributed by atoms with Crippen LogP contribution in [0.2, 0.25) is 0 Å². The maximum atomic E-state index is 13.7. The number of likely N-dealkylation sites (N-methyl/N-ethyl adjacent to an activating group) is 1. The molecule has 1 fully saturated rings. The highest BCUT2D eigenvalue weighted by molar-refractivity contribution is 5.97. The zero-order valence-electron chi connectivity index (χ0n) is 18.1. The van der Waals surface area contributed by atoms with E-state index >= 15 is 0 Å². The predicted molar refractivity (Wildman–Crippen MR) is 113 cm³/mol. The summed E-state index contributed by atoms with van der Waals surface area (Å²) in [6.07, 6.45) is -2.82. The molecule has 2 amide bonds. The molecule has 1 atom stereocenters. The Kier molecular flexibility index (Phi) is 8.28. The van der Waals surface area contributed by atoms with Crippen molar-refractivity contribution in [2.24, 2.45) is 11.1 Å². The molecule has 0 spiro atoms. The van der Waals surface area contributed by atoms with Gasteiger partial charge in [-0.3, -0.25) is 14.5 Å². The number of alkyl halides is 2. The number of nitrogens with one attached hydrogen (secondary N) is 1. The van der Waals surface area contributed by atoms with Gasteiger partial charge in [-0.1, -0.05) is 27.7 Å². The fraction of sp³-hybridized carbons (Fsp3) is 0.619. The van der Waals surface area contributed by atoms with Gasteiger partial charge >= 0.3 is 0 Å². The number of morpholine rings is 1. The molecule has 168 valence electrons. The molecular formula is C21H32F2N4O3. The molecule has 0 saturated carbocycles. The van der Waals surface area contributed by atoms with E-state index in [4.69, 9.17) is 10.5 Å². The molecule has 9 heteroatoms. The van der Waals surface area contributed by atoms with Crippen LogP contribution in [0.15, 0.2) is 18.2 Å². The van der Waals surface area contributed by atoms with Gasteiger partial charge in [0.2, 0.25) is 5.91 Å². The molecule has 0 unspecified atom stereocenters. The molecule has 2 rings (SSSR count). The fourth-order valence-corrected chi connectivity index (χ4v) is 3.49. The first-order valence-electron chi connectivity index (χ1n) is 10.1. The van der Waals surface area contributed by atoms with Crippen molar-refractivity contribution in [3.63, 3.8) is 0 Å². The van der Waals surface area contributed by atoms with Crippen molar-refractivity contribution in [1.29, 1.82) is 0 Å². The first-order valence-corrected chi connectivity index (χ1v) is 10.1. The highest BCUT2D eigenvalue weighted by Crippen LogP contribution is 2.32. The number of nitrogens with two attached hydrogens (primary N) is 1. The number of hydrogen-bond acceptors (Lipinski definition) is 5. The lowest BCUT2D eigenvalue weighted by Gasteiger charge is -2.34. The van der Waals surface area contributed by atoms with Gasteiger partial charge in [-0.15, -0.1) is 0 Å². The zero-order valence-corrected chi connectivity index (χ0v) is 18.1. The van der Waals surface area contributed by atoms with Crippen molar-refractivity contribution in [1.82, 2.24) is 4.90 Å². The van der Waals surface area contributed by atoms with Gasteiger partial charge in [0, 0.05) is 36.6 Å². The molecule has 1 aliphatic heterocycles. The summed E-state index contributed by atoms with van der Waals surface area (Å²) in [5, 5.41) is 2.62. The van der Waals surface area contributed by atoms with E-state index in [1.54, 1.807) is 6.07 Å². The Morgan fingerprint density at radius 1 is 1.37 bits per heavy atom. The molecule has 3 N–H and O–H groups in total. The average molecular weight is 427 g/mol. The van der Waals surface area contributed by atoms with Gasteiger partial charge in [-0.25, -0.2) is 8.78 Å². The third-order valence-electron chi connectivity index (χ3n) is 4.88. The summed E-state index contributed by atoms with van der Waals surface area (Å²) in [6.45, 7) is 9.96. The standard InChI is InChI=1S/C21H32F2N4O3/c1-5-26(13-21(2,3)4)17(11-24)20(29)25-16-7-6-14(10-15(16)19(22)23)27-8-9-30-12-18(27)28/h6-7,10,17,19H,5,8-9,11-13,24H2,1-4H3,(H,25,29)/t17-/m0/s1. The number of carbonyl (C=O) groups excluding carboxylic acids is 2. The quantitative estimate of drug-likeness (QED) is 0.667. The first-order chi connectivity index (χ1) is 14.1. The van der Waals surface area contributed by atoms with Gasteiger partial charge < -0.3 is 20.7 Å². The Hall–Kier alpha value is -2.10. The van der Waals surface area contributed by atoms with Gasteiger partial charge in [0.05, 0.1) is 6.61 Å². The van der Waals surface area contributed by atoms with E-state index in [-0.39, 0.29) is 35.7 Å². The topological polar surface area (TPSA) is 87.9 Å². The summed E-state index contributed by atoms with van der Waals surface area (Å²) in [6, 6.07) is 3.56. The second-order valence-corrected chi connectivity index (χ2v) is 8.53. The SMILES string of the molecule is CCN(CC(C)(C)C)[C@@H](CN)C(=O)Nc1ccc(N2CCOCC2=O)cc1C(F)F. The van der Waals surface area contributed by atoms with Crippen LogP contribution in [-0.4, -0.2) is 62.1 Å². The van der Waals surface area contributed by atoms with E-state index in [1.165, 1.54) is 17.0 Å². The third-order valence-corrected chi connectivity index (χ3v) is 4.88. The number of carbonyl (C=O) groups is 2. The lowest BCUT2D eigenvalue weighted by atomic mass is 9.95. The lowest BCUT2D eigenvalue weighted by Crippen LogP contribution is -2.51. The molecule has 1 aromatic rings. The van der Waals surface area contributed by atoms with Crippen molar-refractivity contribution < 1.29 is 23.1 Å². The van der Waals surface area contributed by atoms with Gasteiger partial charge in [0.25, 0.3) is 12.3 Å². The van der Waals surface area contributed by atoms with Gasteiger partial charge in [-0.05, 0) is 30.2 Å². The number of amides is 2. The molecule has 1 aliphatic rings. The molecule has 0 aromatic heterocycles. The maximum absolute atomic E-state index is 13.7. The number of ether oxygens (including phenoxy) is 1. The van der Waals surface area contributed by atoms with E-state index in [0.29, 0.717) is 31.9 Å². The molecule has 1 heterocycles. The van der Waals surface area contributed by atoms with Crippen LogP contribution in [0.4, 0.5) is 20.2 Å². The van der Waals surface area contributed by atoms with Crippen LogP contribution in [0.5, 0.6) is 0 Å². The van der Waals surface area contributed by atoms with Gasteiger partial charge in [0.1, 0.15) is 12.6 Å². The highest BCUT2D eigenvalue weighted by atomic mass is 19.3. The molecule has 0 radical (unpaired) electrons. The molecular weight excluding hydrogens is 394 g/mol. The van der Waals surface area contributed by atoms with Crippen molar-refractivity contribution in [3.8, 4) is 0 Å². The minimum atomic E-state index is -2.82. The van der Waals surface area contributed by atoms with Gasteiger partial charge in [0.15, 0.2) is 0 Å². The summed E-state index contributed by atoms with van der Waals surface area (Å²) < 4.78 is 32.6. The summed E-state index contributed by atoms with van der Waals surface area (Å²) >= 11 is 0.